The molecule has 1 aromatic heterocycles. The molecular weight excluding hydrogens is 302 g/mol. The molecule has 0 atom stereocenters. The number of ether oxygens (including phenoxy) is 1. The van der Waals surface area contributed by atoms with Crippen LogP contribution in [0.3, 0.4) is 0 Å². The number of nitrogens with one attached hydrogen (secondary N) is 1. The third kappa shape index (κ3) is 2.40. The van der Waals surface area contributed by atoms with Crippen LogP contribution in [-0.4, -0.2) is 22.7 Å². The molecule has 2 heterocycles. The molecule has 0 saturated carbocycles. The number of hydrogen-bond donors (Lipinski definition) is 2. The second kappa shape index (κ2) is 5.23. The van der Waals surface area contributed by atoms with Crippen molar-refractivity contribution in [2.45, 2.75) is 6.54 Å². The number of rotatable bonds is 3. The minimum absolute atomic E-state index is 0.00453. The number of nitrogens with two attached hydrogens (primary N) is 1. The standard InChI is InChI=1S/C11H10ClN5O2S/c12-6-1-2-8-7(3-6)17(10(18)5-19-8)4-9-15-16-11(14-13)20-9/h1-3H,4-5,13H2,(H,14,16). The summed E-state index contributed by atoms with van der Waals surface area (Å²) in [6.07, 6.45) is 0. The van der Waals surface area contributed by atoms with Crippen molar-refractivity contribution in [3.63, 3.8) is 0 Å². The second-order valence-corrected chi connectivity index (χ2v) is 5.52. The van der Waals surface area contributed by atoms with Gasteiger partial charge in [0.25, 0.3) is 5.91 Å². The molecule has 0 bridgehead atoms. The Labute approximate surface area is 123 Å². The van der Waals surface area contributed by atoms with E-state index in [0.717, 1.165) is 0 Å². The van der Waals surface area contributed by atoms with Crippen LogP contribution in [0.15, 0.2) is 18.2 Å². The van der Waals surface area contributed by atoms with Gasteiger partial charge in [-0.1, -0.05) is 22.9 Å². The van der Waals surface area contributed by atoms with Gasteiger partial charge in [0, 0.05) is 5.02 Å². The Morgan fingerprint density at radius 2 is 2.35 bits per heavy atom. The summed E-state index contributed by atoms with van der Waals surface area (Å²) in [7, 11) is 0. The molecule has 0 spiro atoms. The smallest absolute Gasteiger partial charge is 0.265 e. The van der Waals surface area contributed by atoms with Gasteiger partial charge >= 0.3 is 0 Å². The summed E-state index contributed by atoms with van der Waals surface area (Å²) in [6.45, 7) is 0.296. The number of carbonyl (C=O) groups is 1. The number of amides is 1. The molecule has 1 aromatic carbocycles. The van der Waals surface area contributed by atoms with Crippen molar-refractivity contribution < 1.29 is 9.53 Å². The number of anilines is 2. The van der Waals surface area contributed by atoms with Crippen LogP contribution in [0.2, 0.25) is 5.02 Å². The molecule has 9 heteroatoms. The lowest BCUT2D eigenvalue weighted by Gasteiger charge is -2.28. The first kappa shape index (κ1) is 13.1. The summed E-state index contributed by atoms with van der Waals surface area (Å²) >= 11 is 7.26. The maximum Gasteiger partial charge on any atom is 0.265 e. The maximum absolute atomic E-state index is 12.0. The quantitative estimate of drug-likeness (QED) is 0.657. The van der Waals surface area contributed by atoms with Gasteiger partial charge in [-0.25, -0.2) is 5.84 Å². The van der Waals surface area contributed by atoms with Crippen molar-refractivity contribution in [1.82, 2.24) is 10.2 Å². The van der Waals surface area contributed by atoms with E-state index < -0.39 is 0 Å². The third-order valence-electron chi connectivity index (χ3n) is 2.75. The van der Waals surface area contributed by atoms with Gasteiger partial charge in [-0.05, 0) is 18.2 Å². The Bertz CT molecular complexity index is 662. The highest BCUT2D eigenvalue weighted by Gasteiger charge is 2.26. The number of fused-ring (bicyclic) bond motifs is 1. The zero-order chi connectivity index (χ0) is 14.1. The van der Waals surface area contributed by atoms with E-state index in [1.165, 1.54) is 11.3 Å². The minimum atomic E-state index is -0.155. The average Bonchev–Trinajstić information content (AvgIpc) is 2.90. The first-order chi connectivity index (χ1) is 9.67. The van der Waals surface area contributed by atoms with Crippen LogP contribution in [0.5, 0.6) is 5.75 Å². The summed E-state index contributed by atoms with van der Waals surface area (Å²) in [5.41, 5.74) is 3.05. The molecular formula is C11H10ClN5O2S. The van der Waals surface area contributed by atoms with Crippen LogP contribution in [0.25, 0.3) is 0 Å². The van der Waals surface area contributed by atoms with Gasteiger partial charge in [0.2, 0.25) is 5.13 Å². The number of aromatic nitrogens is 2. The SMILES string of the molecule is NNc1nnc(CN2C(=O)COc3ccc(Cl)cc32)s1. The minimum Gasteiger partial charge on any atom is -0.482 e. The van der Waals surface area contributed by atoms with Crippen molar-refractivity contribution in [3.05, 3.63) is 28.2 Å². The first-order valence-electron chi connectivity index (χ1n) is 5.69. The molecule has 0 fully saturated rings. The normalized spacial score (nSPS) is 13.9. The van der Waals surface area contributed by atoms with Gasteiger partial charge in [0.15, 0.2) is 6.61 Å². The molecule has 0 unspecified atom stereocenters. The van der Waals surface area contributed by atoms with Crippen LogP contribution in [0.1, 0.15) is 5.01 Å². The number of hydrogen-bond acceptors (Lipinski definition) is 7. The van der Waals surface area contributed by atoms with E-state index in [1.807, 2.05) is 0 Å². The Balaban J connectivity index is 1.92. The molecule has 3 N–H and O–H groups in total. The van der Waals surface area contributed by atoms with E-state index in [1.54, 1.807) is 23.1 Å². The molecule has 0 radical (unpaired) electrons. The van der Waals surface area contributed by atoms with Crippen molar-refractivity contribution in [2.75, 3.05) is 16.9 Å². The predicted octanol–water partition coefficient (Wildman–Crippen LogP) is 1.40. The second-order valence-electron chi connectivity index (χ2n) is 4.03. The van der Waals surface area contributed by atoms with E-state index in [4.69, 9.17) is 22.2 Å². The van der Waals surface area contributed by atoms with Gasteiger partial charge in [0.1, 0.15) is 10.8 Å². The molecule has 0 saturated heterocycles. The first-order valence-corrected chi connectivity index (χ1v) is 6.88. The lowest BCUT2D eigenvalue weighted by Crippen LogP contribution is -2.38. The summed E-state index contributed by atoms with van der Waals surface area (Å²) in [5, 5.41) is 9.50. The van der Waals surface area contributed by atoms with Crippen molar-refractivity contribution in [2.24, 2.45) is 5.84 Å². The number of hydrazine groups is 1. The van der Waals surface area contributed by atoms with Gasteiger partial charge in [0.05, 0.1) is 12.2 Å². The molecule has 3 rings (SSSR count). The molecule has 20 heavy (non-hydrogen) atoms. The largest absolute Gasteiger partial charge is 0.482 e. The molecule has 104 valence electrons. The van der Waals surface area contributed by atoms with Gasteiger partial charge < -0.3 is 4.74 Å². The third-order valence-corrected chi connectivity index (χ3v) is 3.82. The van der Waals surface area contributed by atoms with E-state index in [9.17, 15) is 4.79 Å². The van der Waals surface area contributed by atoms with Crippen LogP contribution in [0, 0.1) is 0 Å². The molecule has 1 aliphatic rings. The zero-order valence-electron chi connectivity index (χ0n) is 10.2. The molecule has 7 nitrogen and oxygen atoms in total. The van der Waals surface area contributed by atoms with E-state index in [2.05, 4.69) is 15.6 Å². The molecule has 1 amide bonds. The highest BCUT2D eigenvalue weighted by atomic mass is 35.5. The van der Waals surface area contributed by atoms with Crippen molar-refractivity contribution in [3.8, 4) is 5.75 Å². The monoisotopic (exact) mass is 311 g/mol. The Morgan fingerprint density at radius 3 is 3.10 bits per heavy atom. The van der Waals surface area contributed by atoms with Crippen LogP contribution >= 0.6 is 22.9 Å². The summed E-state index contributed by atoms with van der Waals surface area (Å²) in [5.74, 6) is 5.73. The summed E-state index contributed by atoms with van der Waals surface area (Å²) in [6, 6.07) is 5.15. The van der Waals surface area contributed by atoms with Gasteiger partial charge in [-0.2, -0.15) is 0 Å². The molecule has 1 aliphatic heterocycles. The summed E-state index contributed by atoms with van der Waals surface area (Å²) < 4.78 is 5.37. The number of carbonyl (C=O) groups excluding carboxylic acids is 1. The topological polar surface area (TPSA) is 93.4 Å². The maximum atomic E-state index is 12.0. The Hall–Kier alpha value is -1.90. The zero-order valence-corrected chi connectivity index (χ0v) is 11.7. The predicted molar refractivity (Wildman–Crippen MR) is 75.9 cm³/mol. The number of halogens is 1. The fraction of sp³-hybridized carbons (Fsp3) is 0.182. The highest BCUT2D eigenvalue weighted by molar-refractivity contribution is 7.15. The van der Waals surface area contributed by atoms with Crippen molar-refractivity contribution in [1.29, 1.82) is 0 Å². The van der Waals surface area contributed by atoms with Gasteiger partial charge in [-0.3, -0.25) is 15.1 Å². The molecule has 0 aliphatic carbocycles. The lowest BCUT2D eigenvalue weighted by atomic mass is 10.2. The Morgan fingerprint density at radius 1 is 1.50 bits per heavy atom. The van der Waals surface area contributed by atoms with E-state index >= 15 is 0 Å². The Kier molecular flexibility index (Phi) is 3.43. The fourth-order valence-electron chi connectivity index (χ4n) is 1.86. The van der Waals surface area contributed by atoms with Gasteiger partial charge in [-0.15, -0.1) is 10.2 Å². The van der Waals surface area contributed by atoms with Crippen LogP contribution in [-0.2, 0) is 11.3 Å². The summed E-state index contributed by atoms with van der Waals surface area (Å²) in [4.78, 5) is 13.6. The fourth-order valence-corrected chi connectivity index (χ4v) is 2.67. The van der Waals surface area contributed by atoms with Crippen molar-refractivity contribution >= 4 is 39.7 Å². The molecule has 2 aromatic rings. The number of benzene rings is 1. The highest BCUT2D eigenvalue weighted by Crippen LogP contribution is 2.35. The number of nitrogen functional groups attached to an aromatic ring is 1. The van der Waals surface area contributed by atoms with Crippen LogP contribution in [0.4, 0.5) is 10.8 Å². The lowest BCUT2D eigenvalue weighted by molar-refractivity contribution is -0.121. The van der Waals surface area contributed by atoms with Crippen LogP contribution < -0.4 is 20.9 Å². The average molecular weight is 312 g/mol. The van der Waals surface area contributed by atoms with E-state index in [0.29, 0.717) is 33.1 Å². The van der Waals surface area contributed by atoms with E-state index in [-0.39, 0.29) is 12.5 Å². The number of nitrogens with zero attached hydrogens (tertiary/aromatic N) is 3.